The zero-order chi connectivity index (χ0) is 14.8. The fraction of sp³-hybridized carbons (Fsp3) is 0.600. The third-order valence-electron chi connectivity index (χ3n) is 5.67. The van der Waals surface area contributed by atoms with E-state index in [1.165, 1.54) is 50.8 Å². The Morgan fingerprint density at radius 2 is 1.95 bits per heavy atom. The molecule has 3 aliphatic rings. The predicted octanol–water partition coefficient (Wildman–Crippen LogP) is 4.02. The monoisotopic (exact) mass is 297 g/mol. The standard InChI is InChI=1S/C20H27NO/c1-3-7-16(8-4-1)13-21-14-17-11-12-22-20-10-6-2-5-9-18(20)19(17)15-21/h1,3-4,7-9,17,19-20H,2,5-6,10-15H2. The number of hydrogen-bond acceptors (Lipinski definition) is 2. The van der Waals surface area contributed by atoms with Gasteiger partial charge in [-0.25, -0.2) is 0 Å². The lowest BCUT2D eigenvalue weighted by molar-refractivity contribution is 0.0720. The zero-order valence-electron chi connectivity index (χ0n) is 13.4. The van der Waals surface area contributed by atoms with E-state index in [9.17, 15) is 0 Å². The molecule has 4 rings (SSSR count). The van der Waals surface area contributed by atoms with Crippen LogP contribution in [0.1, 0.15) is 37.7 Å². The van der Waals surface area contributed by atoms with E-state index >= 15 is 0 Å². The maximum Gasteiger partial charge on any atom is 0.0788 e. The van der Waals surface area contributed by atoms with E-state index in [2.05, 4.69) is 41.3 Å². The minimum absolute atomic E-state index is 0.425. The molecule has 2 heteroatoms. The van der Waals surface area contributed by atoms with Crippen LogP contribution in [0.25, 0.3) is 0 Å². The average Bonchev–Trinajstić information content (AvgIpc) is 2.71. The molecule has 2 nitrogen and oxygen atoms in total. The minimum atomic E-state index is 0.425. The van der Waals surface area contributed by atoms with Crippen LogP contribution in [-0.4, -0.2) is 30.7 Å². The van der Waals surface area contributed by atoms with E-state index in [1.807, 2.05) is 0 Å². The Morgan fingerprint density at radius 1 is 1.05 bits per heavy atom. The molecule has 22 heavy (non-hydrogen) atoms. The van der Waals surface area contributed by atoms with Crippen LogP contribution in [0.2, 0.25) is 0 Å². The van der Waals surface area contributed by atoms with Crippen LogP contribution in [0.5, 0.6) is 0 Å². The Bertz CT molecular complexity index is 524. The molecule has 3 unspecified atom stereocenters. The second kappa shape index (κ2) is 6.55. The summed E-state index contributed by atoms with van der Waals surface area (Å²) in [5.74, 6) is 1.55. The molecule has 0 N–H and O–H groups in total. The summed E-state index contributed by atoms with van der Waals surface area (Å²) < 4.78 is 6.19. The molecule has 118 valence electrons. The quantitative estimate of drug-likeness (QED) is 0.764. The van der Waals surface area contributed by atoms with E-state index in [-0.39, 0.29) is 0 Å². The summed E-state index contributed by atoms with van der Waals surface area (Å²) >= 11 is 0. The second-order valence-corrected chi connectivity index (χ2v) is 7.18. The summed E-state index contributed by atoms with van der Waals surface area (Å²) in [6, 6.07) is 10.9. The summed E-state index contributed by atoms with van der Waals surface area (Å²) in [4.78, 5) is 2.67. The third kappa shape index (κ3) is 3.00. The van der Waals surface area contributed by atoms with Gasteiger partial charge in [-0.3, -0.25) is 4.90 Å². The van der Waals surface area contributed by atoms with Crippen molar-refractivity contribution in [1.82, 2.24) is 4.90 Å². The van der Waals surface area contributed by atoms with E-state index in [0.29, 0.717) is 6.10 Å². The Balaban J connectivity index is 1.50. The van der Waals surface area contributed by atoms with Crippen molar-refractivity contribution in [2.45, 2.75) is 44.8 Å². The molecule has 0 amide bonds. The Kier molecular flexibility index (Phi) is 4.31. The third-order valence-corrected chi connectivity index (χ3v) is 5.67. The topological polar surface area (TPSA) is 12.5 Å². The lowest BCUT2D eigenvalue weighted by atomic mass is 9.84. The van der Waals surface area contributed by atoms with Gasteiger partial charge in [-0.15, -0.1) is 0 Å². The van der Waals surface area contributed by atoms with E-state index in [0.717, 1.165) is 25.0 Å². The summed E-state index contributed by atoms with van der Waals surface area (Å²) in [6.45, 7) is 4.53. The molecule has 3 atom stereocenters. The van der Waals surface area contributed by atoms with Gasteiger partial charge < -0.3 is 4.74 Å². The van der Waals surface area contributed by atoms with Crippen molar-refractivity contribution in [3.05, 3.63) is 47.5 Å². The van der Waals surface area contributed by atoms with Gasteiger partial charge in [0.2, 0.25) is 0 Å². The number of fused-ring (bicyclic) bond motifs is 3. The highest BCUT2D eigenvalue weighted by Crippen LogP contribution is 2.40. The first-order valence-electron chi connectivity index (χ1n) is 8.98. The maximum atomic E-state index is 6.19. The first-order valence-corrected chi connectivity index (χ1v) is 8.98. The van der Waals surface area contributed by atoms with E-state index in [4.69, 9.17) is 4.74 Å². The second-order valence-electron chi connectivity index (χ2n) is 7.18. The molecule has 0 spiro atoms. The molecule has 2 saturated heterocycles. The molecule has 1 aliphatic carbocycles. The molecule has 0 radical (unpaired) electrons. The SMILES string of the molecule is C1=C2C(CCCC1)OCCC1CN(Cc3ccccc3)CC21. The number of likely N-dealkylation sites (tertiary alicyclic amines) is 1. The van der Waals surface area contributed by atoms with Gasteiger partial charge in [-0.05, 0) is 48.7 Å². The van der Waals surface area contributed by atoms with Gasteiger partial charge in [0, 0.05) is 26.2 Å². The lowest BCUT2D eigenvalue weighted by Crippen LogP contribution is -2.24. The fourth-order valence-corrected chi connectivity index (χ4v) is 4.57. The number of allylic oxidation sites excluding steroid dienone is 1. The van der Waals surface area contributed by atoms with Crippen LogP contribution in [-0.2, 0) is 11.3 Å². The number of ether oxygens (including phenoxy) is 1. The number of nitrogens with zero attached hydrogens (tertiary/aromatic N) is 1. The average molecular weight is 297 g/mol. The molecule has 1 aromatic rings. The van der Waals surface area contributed by atoms with E-state index < -0.39 is 0 Å². The number of benzene rings is 1. The van der Waals surface area contributed by atoms with Crippen molar-refractivity contribution in [3.8, 4) is 0 Å². The smallest absolute Gasteiger partial charge is 0.0788 e. The van der Waals surface area contributed by atoms with Crippen LogP contribution in [0.15, 0.2) is 42.0 Å². The lowest BCUT2D eigenvalue weighted by Gasteiger charge is -2.23. The zero-order valence-corrected chi connectivity index (χ0v) is 13.4. The molecule has 0 aromatic heterocycles. The predicted molar refractivity (Wildman–Crippen MR) is 89.6 cm³/mol. The van der Waals surface area contributed by atoms with Crippen LogP contribution >= 0.6 is 0 Å². The fourth-order valence-electron chi connectivity index (χ4n) is 4.57. The van der Waals surface area contributed by atoms with E-state index in [1.54, 1.807) is 5.57 Å². The molecule has 1 aromatic carbocycles. The molecule has 0 saturated carbocycles. The maximum absolute atomic E-state index is 6.19. The first kappa shape index (κ1) is 14.5. The minimum Gasteiger partial charge on any atom is -0.374 e. The van der Waals surface area contributed by atoms with Crippen LogP contribution in [0.4, 0.5) is 0 Å². The molecule has 0 bridgehead atoms. The van der Waals surface area contributed by atoms with Crippen molar-refractivity contribution in [2.24, 2.45) is 11.8 Å². The normalized spacial score (nSPS) is 32.5. The van der Waals surface area contributed by atoms with Crippen molar-refractivity contribution in [1.29, 1.82) is 0 Å². The van der Waals surface area contributed by atoms with Crippen molar-refractivity contribution >= 4 is 0 Å². The molecule has 2 fully saturated rings. The number of hydrogen-bond donors (Lipinski definition) is 0. The van der Waals surface area contributed by atoms with Crippen LogP contribution in [0, 0.1) is 11.8 Å². The first-order chi connectivity index (χ1) is 10.9. The highest BCUT2D eigenvalue weighted by Gasteiger charge is 2.39. The summed E-state index contributed by atoms with van der Waals surface area (Å²) in [5.41, 5.74) is 3.09. The van der Waals surface area contributed by atoms with Crippen LogP contribution in [0.3, 0.4) is 0 Å². The van der Waals surface area contributed by atoms with Crippen molar-refractivity contribution in [2.75, 3.05) is 19.7 Å². The molecular formula is C20H27NO. The summed E-state index contributed by atoms with van der Waals surface area (Å²) in [7, 11) is 0. The van der Waals surface area contributed by atoms with Gasteiger partial charge in [0.15, 0.2) is 0 Å². The van der Waals surface area contributed by atoms with Crippen LogP contribution < -0.4 is 0 Å². The van der Waals surface area contributed by atoms with Gasteiger partial charge in [0.05, 0.1) is 6.10 Å². The van der Waals surface area contributed by atoms with Gasteiger partial charge in [0.25, 0.3) is 0 Å². The highest BCUT2D eigenvalue weighted by molar-refractivity contribution is 5.20. The largest absolute Gasteiger partial charge is 0.374 e. The molecular weight excluding hydrogens is 270 g/mol. The van der Waals surface area contributed by atoms with Gasteiger partial charge >= 0.3 is 0 Å². The van der Waals surface area contributed by atoms with Gasteiger partial charge in [-0.2, -0.15) is 0 Å². The van der Waals surface area contributed by atoms with Crippen molar-refractivity contribution in [3.63, 3.8) is 0 Å². The van der Waals surface area contributed by atoms with Crippen molar-refractivity contribution < 1.29 is 4.74 Å². The summed E-state index contributed by atoms with van der Waals surface area (Å²) in [6.07, 6.45) is 9.38. The number of rotatable bonds is 2. The molecule has 2 aliphatic heterocycles. The Hall–Kier alpha value is -1.12. The van der Waals surface area contributed by atoms with Gasteiger partial charge in [0.1, 0.15) is 0 Å². The summed E-state index contributed by atoms with van der Waals surface area (Å²) in [5, 5.41) is 0. The Morgan fingerprint density at radius 3 is 2.86 bits per heavy atom. The Labute approximate surface area is 134 Å². The highest BCUT2D eigenvalue weighted by atomic mass is 16.5. The molecule has 2 heterocycles. The van der Waals surface area contributed by atoms with Gasteiger partial charge in [-0.1, -0.05) is 42.8 Å².